The predicted octanol–water partition coefficient (Wildman–Crippen LogP) is 8.74. The zero-order valence-corrected chi connectivity index (χ0v) is 27.0. The Kier molecular flexibility index (Phi) is 11.6. The summed E-state index contributed by atoms with van der Waals surface area (Å²) in [7, 11) is -0.0588. The van der Waals surface area contributed by atoms with Crippen molar-refractivity contribution in [1.82, 2.24) is 5.09 Å². The third-order valence-electron chi connectivity index (χ3n) is 6.06. The first-order chi connectivity index (χ1) is 17.7. The number of para-hydroxylation sites is 1. The van der Waals surface area contributed by atoms with E-state index in [0.29, 0.717) is 0 Å². The van der Waals surface area contributed by atoms with Crippen LogP contribution in [0.1, 0.15) is 43.0 Å². The number of hydrogen-bond donors (Lipinski definition) is 1. The SMILES string of the molecule is Cc1cccc(C)c1N=C(N[PH+](c1ccccc1)c1ccccc1)c1ccc(C(C)(C)C)cc1.[Br][Ni][Br]. The number of hydrogen-bond acceptors (Lipinski definition) is 1. The van der Waals surface area contributed by atoms with E-state index in [1.807, 2.05) is 0 Å². The van der Waals surface area contributed by atoms with E-state index in [-0.39, 0.29) is 5.41 Å². The molecule has 4 aromatic carbocycles. The molecule has 0 amide bonds. The molecule has 6 heteroatoms. The van der Waals surface area contributed by atoms with Gasteiger partial charge in [-0.1, -0.05) is 99.6 Å². The summed E-state index contributed by atoms with van der Waals surface area (Å²) < 4.78 is 0. The predicted molar refractivity (Wildman–Crippen MR) is 169 cm³/mol. The van der Waals surface area contributed by atoms with Gasteiger partial charge in [0.2, 0.25) is 0 Å². The Balaban J connectivity index is 0.00000121. The molecule has 0 aliphatic carbocycles. The molecule has 0 atom stereocenters. The van der Waals surface area contributed by atoms with E-state index >= 15 is 0 Å². The van der Waals surface area contributed by atoms with Gasteiger partial charge in [0.05, 0.1) is 5.69 Å². The van der Waals surface area contributed by atoms with Crippen LogP contribution in [0.4, 0.5) is 5.69 Å². The van der Waals surface area contributed by atoms with Crippen molar-refractivity contribution in [3.63, 3.8) is 0 Å². The molecule has 0 saturated carbocycles. The molecule has 2 nitrogen and oxygen atoms in total. The molecule has 0 radical (unpaired) electrons. The molecule has 0 spiro atoms. The number of amidine groups is 1. The zero-order valence-electron chi connectivity index (χ0n) is 21.8. The fraction of sp³-hybridized carbons (Fsp3) is 0.194. The summed E-state index contributed by atoms with van der Waals surface area (Å²) >= 11 is 6.00. The minimum atomic E-state index is -1.31. The Morgan fingerprint density at radius 1 is 0.703 bits per heavy atom. The van der Waals surface area contributed by atoms with Crippen molar-refractivity contribution in [2.75, 3.05) is 0 Å². The Bertz CT molecular complexity index is 1230. The first kappa shape index (κ1) is 29.8. The molecule has 0 fully saturated rings. The molecule has 0 bridgehead atoms. The van der Waals surface area contributed by atoms with Crippen molar-refractivity contribution >= 4 is 58.7 Å². The standard InChI is InChI=1S/C31H33N2P.2BrH.Ni/c1-23-13-12-14-24(2)29(23)32-30(25-19-21-26(22-20-25)31(3,4)5)33-34(27-15-8-6-9-16-27)28-17-10-7-11-18-28;;;/h6-22H,1-5H3,(H,32,33);2*1H;/q;;;+2/p-1. The van der Waals surface area contributed by atoms with Gasteiger partial charge >= 0.3 is 39.3 Å². The molecule has 1 N–H and O–H groups in total. The molecule has 4 aromatic rings. The van der Waals surface area contributed by atoms with Gasteiger partial charge in [0.1, 0.15) is 10.6 Å². The van der Waals surface area contributed by atoms with E-state index in [0.717, 1.165) is 17.1 Å². The Morgan fingerprint density at radius 2 is 1.16 bits per heavy atom. The van der Waals surface area contributed by atoms with Crippen molar-refractivity contribution in [3.05, 3.63) is 125 Å². The van der Waals surface area contributed by atoms with Gasteiger partial charge in [-0.05, 0) is 60.2 Å². The summed E-state index contributed by atoms with van der Waals surface area (Å²) in [5.74, 6) is 0.916. The number of rotatable bonds is 5. The van der Waals surface area contributed by atoms with Crippen molar-refractivity contribution in [2.24, 2.45) is 4.99 Å². The molecule has 37 heavy (non-hydrogen) atoms. The van der Waals surface area contributed by atoms with Gasteiger partial charge in [-0.15, -0.1) is 0 Å². The quantitative estimate of drug-likeness (QED) is 0.0968. The number of benzene rings is 4. The van der Waals surface area contributed by atoms with Gasteiger partial charge in [-0.2, -0.15) is 0 Å². The molecule has 0 unspecified atom stereocenters. The van der Waals surface area contributed by atoms with Crippen LogP contribution in [0.5, 0.6) is 0 Å². The molecule has 0 aromatic heterocycles. The third kappa shape index (κ3) is 8.62. The van der Waals surface area contributed by atoms with Crippen LogP contribution in [0.3, 0.4) is 0 Å². The van der Waals surface area contributed by atoms with Crippen LogP contribution >= 0.6 is 36.5 Å². The third-order valence-corrected chi connectivity index (χ3v) is 8.36. The average Bonchev–Trinajstić information content (AvgIpc) is 2.89. The van der Waals surface area contributed by atoms with Gasteiger partial charge in [-0.25, -0.2) is 10.1 Å². The summed E-state index contributed by atoms with van der Waals surface area (Å²) in [4.78, 5) is 5.24. The van der Waals surface area contributed by atoms with Crippen molar-refractivity contribution in [1.29, 1.82) is 0 Å². The van der Waals surface area contributed by atoms with E-state index in [9.17, 15) is 0 Å². The van der Waals surface area contributed by atoms with E-state index in [4.69, 9.17) is 4.99 Å². The van der Waals surface area contributed by atoms with Gasteiger partial charge in [0.15, 0.2) is 13.9 Å². The van der Waals surface area contributed by atoms with E-state index in [1.54, 1.807) is 0 Å². The zero-order chi connectivity index (χ0) is 26.8. The van der Waals surface area contributed by atoms with Crippen LogP contribution < -0.4 is 15.7 Å². The summed E-state index contributed by atoms with van der Waals surface area (Å²) in [6, 6.07) is 36.7. The number of nitrogens with zero attached hydrogens (tertiary/aromatic N) is 1. The fourth-order valence-corrected chi connectivity index (χ4v) is 6.14. The molecular weight excluding hydrogens is 650 g/mol. The Hall–Kier alpha value is -1.77. The van der Waals surface area contributed by atoms with Crippen molar-refractivity contribution < 1.29 is 10.9 Å². The summed E-state index contributed by atoms with van der Waals surface area (Å²) in [5, 5.41) is 6.53. The second-order valence-corrected chi connectivity index (χ2v) is 16.9. The summed E-state index contributed by atoms with van der Waals surface area (Å²) in [6.07, 6.45) is 0. The molecule has 0 saturated heterocycles. The molecular formula is C31H34Br2N2NiP+. The van der Waals surface area contributed by atoms with Gasteiger partial charge < -0.3 is 0 Å². The fourth-order valence-electron chi connectivity index (χ4n) is 4.03. The van der Waals surface area contributed by atoms with Gasteiger partial charge in [0, 0.05) is 5.56 Å². The number of nitrogens with one attached hydrogen (secondary N) is 1. The Morgan fingerprint density at radius 3 is 1.59 bits per heavy atom. The summed E-state index contributed by atoms with van der Waals surface area (Å²) in [5.41, 5.74) is 5.92. The van der Waals surface area contributed by atoms with Crippen LogP contribution in [0, 0.1) is 13.8 Å². The van der Waals surface area contributed by atoms with Gasteiger partial charge in [-0.3, -0.25) is 0 Å². The van der Waals surface area contributed by atoms with Crippen LogP contribution in [0.25, 0.3) is 0 Å². The molecule has 0 heterocycles. The second kappa shape index (κ2) is 14.4. The van der Waals surface area contributed by atoms with Crippen molar-refractivity contribution in [3.8, 4) is 0 Å². The Labute approximate surface area is 243 Å². The molecule has 0 aliphatic heterocycles. The van der Waals surface area contributed by atoms with Crippen LogP contribution in [0.2, 0.25) is 0 Å². The van der Waals surface area contributed by atoms with E-state index < -0.39 is 8.07 Å². The topological polar surface area (TPSA) is 24.4 Å². The molecule has 0 aliphatic rings. The van der Waals surface area contributed by atoms with Crippen LogP contribution in [0.15, 0.2) is 108 Å². The van der Waals surface area contributed by atoms with E-state index in [2.05, 4.69) is 171 Å². The maximum absolute atomic E-state index is 5.24. The second-order valence-electron chi connectivity index (χ2n) is 9.81. The monoisotopic (exact) mass is 681 g/mol. The first-order valence-electron chi connectivity index (χ1n) is 12.1. The normalized spacial score (nSPS) is 11.7. The number of halogens is 2. The average molecular weight is 684 g/mol. The minimum absolute atomic E-state index is 0.110. The number of aliphatic imine (C=N–C) groups is 1. The van der Waals surface area contributed by atoms with Crippen molar-refractivity contribution in [2.45, 2.75) is 40.0 Å². The van der Waals surface area contributed by atoms with Crippen LogP contribution in [-0.2, 0) is 16.3 Å². The molecule has 4 rings (SSSR count). The number of aryl methyl sites for hydroxylation is 2. The molecule has 196 valence electrons. The van der Waals surface area contributed by atoms with Gasteiger partial charge in [0.25, 0.3) is 0 Å². The maximum atomic E-state index is 5.24. The summed E-state index contributed by atoms with van der Waals surface area (Å²) in [6.45, 7) is 11.0. The first-order valence-corrected chi connectivity index (χ1v) is 18.5. The van der Waals surface area contributed by atoms with Crippen LogP contribution in [-0.4, -0.2) is 5.84 Å². The van der Waals surface area contributed by atoms with E-state index in [1.165, 1.54) is 38.2 Å².